The highest BCUT2D eigenvalue weighted by Gasteiger charge is 2.45. The van der Waals surface area contributed by atoms with Crippen LogP contribution in [0.5, 0.6) is 0 Å². The summed E-state index contributed by atoms with van der Waals surface area (Å²) in [5.74, 6) is 7.08. The average molecular weight is 416 g/mol. The van der Waals surface area contributed by atoms with Gasteiger partial charge in [-0.2, -0.15) is 0 Å². The third-order valence-electron chi connectivity index (χ3n) is 7.00. The maximum absolute atomic E-state index is 12.0. The lowest BCUT2D eigenvalue weighted by Gasteiger charge is -2.19. The van der Waals surface area contributed by atoms with Crippen LogP contribution >= 0.6 is 0 Å². The Kier molecular flexibility index (Phi) is 8.56. The van der Waals surface area contributed by atoms with Crippen molar-refractivity contribution in [2.24, 2.45) is 23.7 Å². The number of nitrogens with zero attached hydrogens (tertiary/aromatic N) is 1. The number of amides is 1. The van der Waals surface area contributed by atoms with Crippen LogP contribution in [0.1, 0.15) is 52.4 Å². The first-order valence-electron chi connectivity index (χ1n) is 11.5. The minimum atomic E-state index is -0.532. The number of hydrogen-bond acceptors (Lipinski definition) is 4. The van der Waals surface area contributed by atoms with Crippen LogP contribution in [-0.4, -0.2) is 59.5 Å². The number of aliphatic hydroxyl groups is 2. The molecule has 2 saturated carbocycles. The SMILES string of the molecule is CC#CC[C@H](C)[C@H](O)/C=C/[C@@H]1[C@H]2C/C(=C/COCC(=O)N3CCCC3)C[C@H]2C[C@H]1O. The molecule has 3 aliphatic rings. The lowest BCUT2D eigenvalue weighted by Crippen LogP contribution is -2.31. The number of rotatable bonds is 8. The molecule has 2 N–H and O–H groups in total. The van der Waals surface area contributed by atoms with E-state index in [4.69, 9.17) is 4.74 Å². The summed E-state index contributed by atoms with van der Waals surface area (Å²) in [6.07, 6.45) is 10.8. The van der Waals surface area contributed by atoms with Crippen LogP contribution < -0.4 is 0 Å². The summed E-state index contributed by atoms with van der Waals surface area (Å²) < 4.78 is 5.60. The molecule has 0 unspecified atom stereocenters. The molecule has 0 aromatic rings. The summed E-state index contributed by atoms with van der Waals surface area (Å²) in [5.41, 5.74) is 1.37. The number of allylic oxidation sites excluding steroid dienone is 1. The van der Waals surface area contributed by atoms with Crippen molar-refractivity contribution in [3.63, 3.8) is 0 Å². The van der Waals surface area contributed by atoms with E-state index in [1.165, 1.54) is 5.57 Å². The van der Waals surface area contributed by atoms with Crippen molar-refractivity contribution in [2.45, 2.75) is 64.6 Å². The molecular formula is C25H37NO4. The summed E-state index contributed by atoms with van der Waals surface area (Å²) in [7, 11) is 0. The molecule has 3 rings (SSSR count). The second kappa shape index (κ2) is 11.1. The standard InChI is InChI=1S/C25H37NO4/c1-3-4-7-18(2)23(27)9-8-21-22-15-19(14-20(22)16-24(21)28)10-13-30-17-25(29)26-11-5-6-12-26/h8-10,18,20-24,27-28H,5-7,11-17H2,1-2H3/b9-8+,19-10+/t18-,20-,21+,22-,23+,24+/m0/s1. The third kappa shape index (κ3) is 5.97. The van der Waals surface area contributed by atoms with Crippen LogP contribution in [-0.2, 0) is 9.53 Å². The smallest absolute Gasteiger partial charge is 0.248 e. The van der Waals surface area contributed by atoms with E-state index in [9.17, 15) is 15.0 Å². The largest absolute Gasteiger partial charge is 0.392 e. The summed E-state index contributed by atoms with van der Waals surface area (Å²) in [6, 6.07) is 0. The molecule has 0 bridgehead atoms. The summed E-state index contributed by atoms with van der Waals surface area (Å²) in [4.78, 5) is 13.9. The molecule has 1 aliphatic heterocycles. The van der Waals surface area contributed by atoms with Crippen molar-refractivity contribution in [2.75, 3.05) is 26.3 Å². The molecule has 5 heteroatoms. The molecule has 5 nitrogen and oxygen atoms in total. The van der Waals surface area contributed by atoms with E-state index in [1.54, 1.807) is 0 Å². The zero-order valence-electron chi connectivity index (χ0n) is 18.4. The highest BCUT2D eigenvalue weighted by molar-refractivity contribution is 5.77. The van der Waals surface area contributed by atoms with E-state index in [0.717, 1.165) is 45.2 Å². The van der Waals surface area contributed by atoms with Crippen LogP contribution in [0.3, 0.4) is 0 Å². The predicted molar refractivity (Wildman–Crippen MR) is 117 cm³/mol. The molecule has 166 valence electrons. The molecule has 0 aromatic heterocycles. The molecule has 0 aromatic carbocycles. The molecule has 30 heavy (non-hydrogen) atoms. The Morgan fingerprint density at radius 3 is 2.83 bits per heavy atom. The highest BCUT2D eigenvalue weighted by Crippen LogP contribution is 2.50. The zero-order valence-corrected chi connectivity index (χ0v) is 18.4. The van der Waals surface area contributed by atoms with E-state index in [1.807, 2.05) is 30.9 Å². The Hall–Kier alpha value is -1.61. The van der Waals surface area contributed by atoms with Gasteiger partial charge in [0.2, 0.25) is 5.91 Å². The van der Waals surface area contributed by atoms with Gasteiger partial charge in [-0.15, -0.1) is 11.8 Å². The van der Waals surface area contributed by atoms with Crippen molar-refractivity contribution >= 4 is 5.91 Å². The first-order chi connectivity index (χ1) is 14.5. The summed E-state index contributed by atoms with van der Waals surface area (Å²) in [5, 5.41) is 20.9. The van der Waals surface area contributed by atoms with Gasteiger partial charge in [0.15, 0.2) is 0 Å². The van der Waals surface area contributed by atoms with Crippen LogP contribution in [0.25, 0.3) is 0 Å². The molecule has 0 radical (unpaired) electrons. The maximum Gasteiger partial charge on any atom is 0.248 e. The Morgan fingerprint density at radius 1 is 1.33 bits per heavy atom. The Bertz CT molecular complexity index is 698. The van der Waals surface area contributed by atoms with Crippen molar-refractivity contribution in [3.8, 4) is 11.8 Å². The van der Waals surface area contributed by atoms with Gasteiger partial charge >= 0.3 is 0 Å². The molecule has 1 amide bonds. The van der Waals surface area contributed by atoms with E-state index in [0.29, 0.717) is 24.9 Å². The molecule has 0 spiro atoms. The van der Waals surface area contributed by atoms with Crippen molar-refractivity contribution in [1.82, 2.24) is 4.90 Å². The summed E-state index contributed by atoms with van der Waals surface area (Å²) in [6.45, 7) is 6.18. The van der Waals surface area contributed by atoms with Crippen LogP contribution in [0.2, 0.25) is 0 Å². The van der Waals surface area contributed by atoms with Gasteiger partial charge in [-0.1, -0.05) is 30.7 Å². The quantitative estimate of drug-likeness (QED) is 0.363. The lowest BCUT2D eigenvalue weighted by atomic mass is 9.89. The molecule has 2 aliphatic carbocycles. The first-order valence-corrected chi connectivity index (χ1v) is 11.5. The Labute approximate surface area is 181 Å². The number of aliphatic hydroxyl groups excluding tert-OH is 2. The predicted octanol–water partition coefficient (Wildman–Crippen LogP) is 2.93. The van der Waals surface area contributed by atoms with Gasteiger partial charge in [-0.3, -0.25) is 4.79 Å². The highest BCUT2D eigenvalue weighted by atomic mass is 16.5. The molecule has 6 atom stereocenters. The number of likely N-dealkylation sites (tertiary alicyclic amines) is 1. The van der Waals surface area contributed by atoms with Gasteiger partial charge < -0.3 is 19.8 Å². The molecular weight excluding hydrogens is 378 g/mol. The summed E-state index contributed by atoms with van der Waals surface area (Å²) >= 11 is 0. The molecule has 3 fully saturated rings. The minimum absolute atomic E-state index is 0.0856. The molecule has 1 heterocycles. The van der Waals surface area contributed by atoms with Crippen molar-refractivity contribution in [1.29, 1.82) is 0 Å². The van der Waals surface area contributed by atoms with Crippen LogP contribution in [0.4, 0.5) is 0 Å². The van der Waals surface area contributed by atoms with E-state index >= 15 is 0 Å². The second-order valence-electron chi connectivity index (χ2n) is 9.16. The van der Waals surface area contributed by atoms with E-state index < -0.39 is 6.10 Å². The first kappa shape index (κ1) is 23.1. The fourth-order valence-electron chi connectivity index (χ4n) is 5.14. The topological polar surface area (TPSA) is 70.0 Å². The normalized spacial score (nSPS) is 31.7. The third-order valence-corrected chi connectivity index (χ3v) is 7.00. The van der Waals surface area contributed by atoms with Gasteiger partial charge in [-0.25, -0.2) is 0 Å². The van der Waals surface area contributed by atoms with Crippen molar-refractivity contribution in [3.05, 3.63) is 23.8 Å². The van der Waals surface area contributed by atoms with Crippen molar-refractivity contribution < 1.29 is 19.7 Å². The second-order valence-corrected chi connectivity index (χ2v) is 9.16. The average Bonchev–Trinajstić information content (AvgIpc) is 3.44. The number of fused-ring (bicyclic) bond motifs is 1. The van der Waals surface area contributed by atoms with E-state index in [-0.39, 0.29) is 30.5 Å². The number of carbonyl (C=O) groups is 1. The van der Waals surface area contributed by atoms with Gasteiger partial charge in [0.1, 0.15) is 6.61 Å². The fourth-order valence-corrected chi connectivity index (χ4v) is 5.14. The lowest BCUT2D eigenvalue weighted by molar-refractivity contribution is -0.134. The van der Waals surface area contributed by atoms with Gasteiger partial charge in [0, 0.05) is 25.4 Å². The Morgan fingerprint density at radius 2 is 2.10 bits per heavy atom. The maximum atomic E-state index is 12.0. The van der Waals surface area contributed by atoms with Crippen LogP contribution in [0.15, 0.2) is 23.8 Å². The Balaban J connectivity index is 1.46. The van der Waals surface area contributed by atoms with Gasteiger partial charge in [-0.05, 0) is 56.8 Å². The van der Waals surface area contributed by atoms with Gasteiger partial charge in [0.25, 0.3) is 0 Å². The number of hydrogen-bond donors (Lipinski definition) is 2. The van der Waals surface area contributed by atoms with E-state index in [2.05, 4.69) is 17.9 Å². The number of ether oxygens (including phenoxy) is 1. The number of carbonyl (C=O) groups excluding carboxylic acids is 1. The van der Waals surface area contributed by atoms with Gasteiger partial charge in [0.05, 0.1) is 18.8 Å². The minimum Gasteiger partial charge on any atom is -0.392 e. The fraction of sp³-hybridized carbons (Fsp3) is 0.720. The molecule has 1 saturated heterocycles. The monoisotopic (exact) mass is 415 g/mol. The van der Waals surface area contributed by atoms with Crippen LogP contribution in [0, 0.1) is 35.5 Å². The zero-order chi connectivity index (χ0) is 21.5.